The summed E-state index contributed by atoms with van der Waals surface area (Å²) in [6.45, 7) is -0.589. The van der Waals surface area contributed by atoms with Crippen LogP contribution in [-0.2, 0) is 14.3 Å². The molecule has 3 amide bonds. The number of nitrogens with zero attached hydrogens (tertiary/aromatic N) is 1. The molecule has 7 heteroatoms. The molecule has 2 aromatic carbocycles. The molecule has 2 aromatic rings. The van der Waals surface area contributed by atoms with Crippen molar-refractivity contribution in [2.75, 3.05) is 18.6 Å². The van der Waals surface area contributed by atoms with Gasteiger partial charge in [-0.2, -0.15) is 0 Å². The van der Waals surface area contributed by atoms with E-state index in [0.29, 0.717) is 5.69 Å². The molecule has 0 aromatic heterocycles. The van der Waals surface area contributed by atoms with Crippen LogP contribution in [0.3, 0.4) is 0 Å². The normalized spacial score (nSPS) is 13.8. The molecule has 1 fully saturated rings. The predicted octanol–water partition coefficient (Wildman–Crippen LogP) is 3.34. The van der Waals surface area contributed by atoms with Gasteiger partial charge in [-0.05, 0) is 37.1 Å². The minimum absolute atomic E-state index is 0.0571. The largest absolute Gasteiger partial charge is 0.452 e. The quantitative estimate of drug-likeness (QED) is 0.721. The van der Waals surface area contributed by atoms with Crippen LogP contribution in [0.1, 0.15) is 52.8 Å². The number of hydrogen-bond donors (Lipinski definition) is 1. The zero-order valence-corrected chi connectivity index (χ0v) is 17.5. The van der Waals surface area contributed by atoms with Crippen LogP contribution in [0.25, 0.3) is 0 Å². The first-order valence-electron chi connectivity index (χ1n) is 10.4. The summed E-state index contributed by atoms with van der Waals surface area (Å²) in [5, 5.41) is 2.30. The van der Waals surface area contributed by atoms with Crippen molar-refractivity contribution < 1.29 is 23.9 Å². The molecule has 1 saturated carbocycles. The molecule has 0 heterocycles. The van der Waals surface area contributed by atoms with Gasteiger partial charge in [-0.3, -0.25) is 19.7 Å². The number of para-hydroxylation sites is 1. The van der Waals surface area contributed by atoms with Gasteiger partial charge in [-0.1, -0.05) is 49.6 Å². The summed E-state index contributed by atoms with van der Waals surface area (Å²) < 4.78 is 5.08. The molecule has 1 N–H and O–H groups in total. The van der Waals surface area contributed by atoms with Crippen molar-refractivity contribution in [3.8, 4) is 0 Å². The first-order chi connectivity index (χ1) is 15.0. The lowest BCUT2D eigenvalue weighted by Gasteiger charge is -2.20. The van der Waals surface area contributed by atoms with Gasteiger partial charge in [-0.25, -0.2) is 4.79 Å². The minimum Gasteiger partial charge on any atom is -0.452 e. The number of nitrogens with one attached hydrogen (secondary N) is 1. The summed E-state index contributed by atoms with van der Waals surface area (Å²) in [6.07, 6.45) is 4.59. The molecule has 31 heavy (non-hydrogen) atoms. The highest BCUT2D eigenvalue weighted by atomic mass is 16.5. The topological polar surface area (TPSA) is 92.8 Å². The molecule has 0 radical (unpaired) electrons. The van der Waals surface area contributed by atoms with E-state index in [1.807, 2.05) is 18.2 Å². The van der Waals surface area contributed by atoms with Crippen LogP contribution in [0.5, 0.6) is 0 Å². The fourth-order valence-corrected chi connectivity index (χ4v) is 3.65. The summed E-state index contributed by atoms with van der Waals surface area (Å²) in [4.78, 5) is 51.1. The molecule has 0 saturated heterocycles. The number of esters is 1. The van der Waals surface area contributed by atoms with Gasteiger partial charge in [0.2, 0.25) is 5.91 Å². The van der Waals surface area contributed by atoms with Crippen molar-refractivity contribution in [3.05, 3.63) is 65.7 Å². The number of ether oxygens (including phenoxy) is 1. The van der Waals surface area contributed by atoms with E-state index in [4.69, 9.17) is 4.74 Å². The number of anilines is 1. The fourth-order valence-electron chi connectivity index (χ4n) is 3.65. The molecule has 162 valence electrons. The minimum atomic E-state index is -0.800. The van der Waals surface area contributed by atoms with Gasteiger partial charge in [0.25, 0.3) is 11.8 Å². The molecule has 0 atom stereocenters. The van der Waals surface area contributed by atoms with Crippen LogP contribution in [0.4, 0.5) is 5.69 Å². The highest BCUT2D eigenvalue weighted by Gasteiger charge is 2.24. The first-order valence-corrected chi connectivity index (χ1v) is 10.4. The van der Waals surface area contributed by atoms with Gasteiger partial charge in [0.1, 0.15) is 0 Å². The van der Waals surface area contributed by atoms with Gasteiger partial charge in [0, 0.05) is 18.7 Å². The van der Waals surface area contributed by atoms with Crippen LogP contribution in [0.2, 0.25) is 0 Å². The average molecular weight is 422 g/mol. The maximum Gasteiger partial charge on any atom is 0.339 e. The molecule has 1 aliphatic carbocycles. The van der Waals surface area contributed by atoms with Crippen LogP contribution in [-0.4, -0.2) is 37.3 Å². The third kappa shape index (κ3) is 5.78. The maximum atomic E-state index is 12.9. The second kappa shape index (κ2) is 10.5. The molecule has 3 rings (SSSR count). The lowest BCUT2D eigenvalue weighted by molar-refractivity contribution is -0.135. The highest BCUT2D eigenvalue weighted by Crippen LogP contribution is 2.23. The number of carbonyl (C=O) groups is 4. The Morgan fingerprint density at radius 3 is 2.19 bits per heavy atom. The molecular formula is C24H26N2O5. The van der Waals surface area contributed by atoms with Crippen molar-refractivity contribution in [1.29, 1.82) is 0 Å². The first kappa shape index (κ1) is 22.2. The second-order valence-electron chi connectivity index (χ2n) is 7.57. The number of benzene rings is 2. The third-order valence-electron chi connectivity index (χ3n) is 5.40. The molecule has 1 aliphatic rings. The van der Waals surface area contributed by atoms with E-state index in [0.717, 1.165) is 32.1 Å². The summed E-state index contributed by atoms with van der Waals surface area (Å²) >= 11 is 0. The molecular weight excluding hydrogens is 396 g/mol. The average Bonchev–Trinajstić information content (AvgIpc) is 2.82. The van der Waals surface area contributed by atoms with Crippen LogP contribution in [0, 0.1) is 5.92 Å². The Kier molecular flexibility index (Phi) is 7.54. The summed E-state index contributed by atoms with van der Waals surface area (Å²) in [5.74, 6) is -2.34. The van der Waals surface area contributed by atoms with Gasteiger partial charge in [0.15, 0.2) is 6.61 Å². The smallest absolute Gasteiger partial charge is 0.339 e. The van der Waals surface area contributed by atoms with E-state index in [1.165, 1.54) is 17.0 Å². The Bertz CT molecular complexity index is 951. The Morgan fingerprint density at radius 2 is 1.52 bits per heavy atom. The SMILES string of the molecule is CN(C(=O)c1ccccc1C(=O)OCC(=O)NC(=O)C1CCCCC1)c1ccccc1. The van der Waals surface area contributed by atoms with Crippen molar-refractivity contribution in [2.45, 2.75) is 32.1 Å². The zero-order chi connectivity index (χ0) is 22.2. The highest BCUT2D eigenvalue weighted by molar-refractivity contribution is 6.12. The number of hydrogen-bond acceptors (Lipinski definition) is 5. The van der Waals surface area contributed by atoms with Crippen LogP contribution < -0.4 is 10.2 Å². The second-order valence-corrected chi connectivity index (χ2v) is 7.57. The number of amides is 3. The van der Waals surface area contributed by atoms with Gasteiger partial charge >= 0.3 is 5.97 Å². The van der Waals surface area contributed by atoms with Crippen LogP contribution in [0.15, 0.2) is 54.6 Å². The van der Waals surface area contributed by atoms with Gasteiger partial charge < -0.3 is 9.64 Å². The van der Waals surface area contributed by atoms with E-state index in [1.54, 1.807) is 31.3 Å². The predicted molar refractivity (Wildman–Crippen MR) is 116 cm³/mol. The third-order valence-corrected chi connectivity index (χ3v) is 5.40. The Morgan fingerprint density at radius 1 is 0.903 bits per heavy atom. The maximum absolute atomic E-state index is 12.9. The van der Waals surface area contributed by atoms with E-state index in [-0.39, 0.29) is 28.9 Å². The molecule has 7 nitrogen and oxygen atoms in total. The van der Waals surface area contributed by atoms with Crippen molar-refractivity contribution in [3.63, 3.8) is 0 Å². The van der Waals surface area contributed by atoms with E-state index < -0.39 is 18.5 Å². The Balaban J connectivity index is 1.61. The lowest BCUT2D eigenvalue weighted by atomic mass is 9.89. The van der Waals surface area contributed by atoms with E-state index >= 15 is 0 Å². The van der Waals surface area contributed by atoms with E-state index in [2.05, 4.69) is 5.32 Å². The number of rotatable bonds is 6. The lowest BCUT2D eigenvalue weighted by Crippen LogP contribution is -2.39. The molecule has 0 bridgehead atoms. The zero-order valence-electron chi connectivity index (χ0n) is 17.5. The van der Waals surface area contributed by atoms with E-state index in [9.17, 15) is 19.2 Å². The van der Waals surface area contributed by atoms with Gasteiger partial charge in [-0.15, -0.1) is 0 Å². The Hall–Kier alpha value is -3.48. The van der Waals surface area contributed by atoms with Crippen LogP contribution >= 0.6 is 0 Å². The number of imide groups is 1. The fraction of sp³-hybridized carbons (Fsp3) is 0.333. The summed E-state index contributed by atoms with van der Waals surface area (Å²) in [5.41, 5.74) is 0.899. The van der Waals surface area contributed by atoms with Crippen molar-refractivity contribution >= 4 is 29.4 Å². The van der Waals surface area contributed by atoms with Crippen molar-refractivity contribution in [2.24, 2.45) is 5.92 Å². The standard InChI is InChI=1S/C24H26N2O5/c1-26(18-12-6-3-7-13-18)23(29)19-14-8-9-15-20(19)24(30)31-16-21(27)25-22(28)17-10-4-2-5-11-17/h3,6-9,12-15,17H,2,4-5,10-11,16H2,1H3,(H,25,27,28). The summed E-state index contributed by atoms with van der Waals surface area (Å²) in [6, 6.07) is 15.3. The Labute approximate surface area is 181 Å². The molecule has 0 unspecified atom stereocenters. The van der Waals surface area contributed by atoms with Gasteiger partial charge in [0.05, 0.1) is 11.1 Å². The number of carbonyl (C=O) groups excluding carboxylic acids is 4. The monoisotopic (exact) mass is 422 g/mol. The molecule has 0 spiro atoms. The molecule has 0 aliphatic heterocycles. The summed E-state index contributed by atoms with van der Waals surface area (Å²) in [7, 11) is 1.62. The van der Waals surface area contributed by atoms with Crippen molar-refractivity contribution in [1.82, 2.24) is 5.32 Å².